The molecule has 0 radical (unpaired) electrons. The molecule has 6 nitrogen and oxygen atoms in total. The molecule has 92 valence electrons. The van der Waals surface area contributed by atoms with Crippen molar-refractivity contribution in [3.63, 3.8) is 0 Å². The summed E-state index contributed by atoms with van der Waals surface area (Å²) < 4.78 is 26.3. The molecule has 0 aliphatic rings. The molecule has 0 aromatic carbocycles. The smallest absolute Gasteiger partial charge is 0.242 e. The minimum absolute atomic E-state index is 0.129. The van der Waals surface area contributed by atoms with Crippen LogP contribution in [0.15, 0.2) is 28.9 Å². The van der Waals surface area contributed by atoms with Crippen LogP contribution < -0.4 is 4.72 Å². The highest BCUT2D eigenvalue weighted by molar-refractivity contribution is 7.89. The van der Waals surface area contributed by atoms with Crippen LogP contribution in [-0.4, -0.2) is 23.5 Å². The Morgan fingerprint density at radius 3 is 3.00 bits per heavy atom. The minimum Gasteiger partial charge on any atom is -0.391 e. The van der Waals surface area contributed by atoms with Gasteiger partial charge in [-0.15, -0.1) is 11.3 Å². The van der Waals surface area contributed by atoms with Crippen LogP contribution in [0.4, 0.5) is 0 Å². The fourth-order valence-electron chi connectivity index (χ4n) is 1.32. The number of imidazole rings is 1. The Hall–Kier alpha value is -1.22. The number of aliphatic hydroxyl groups is 1. The number of aliphatic hydroxyl groups excluding tert-OH is 1. The van der Waals surface area contributed by atoms with Crippen LogP contribution in [0.5, 0.6) is 0 Å². The third kappa shape index (κ3) is 2.72. The Morgan fingerprint density at radius 1 is 1.53 bits per heavy atom. The molecular formula is C9H11N3O3S2. The zero-order valence-electron chi connectivity index (χ0n) is 8.75. The molecule has 0 aliphatic carbocycles. The number of aromatic amines is 1. The van der Waals surface area contributed by atoms with E-state index in [1.807, 2.05) is 0 Å². The number of hydrogen-bond acceptors (Lipinski definition) is 5. The summed E-state index contributed by atoms with van der Waals surface area (Å²) >= 11 is 1.21. The van der Waals surface area contributed by atoms with E-state index < -0.39 is 10.0 Å². The fraction of sp³-hybridized carbons (Fsp3) is 0.222. The number of thiophene rings is 1. The second-order valence-electron chi connectivity index (χ2n) is 3.27. The van der Waals surface area contributed by atoms with Gasteiger partial charge in [-0.3, -0.25) is 0 Å². The Labute approximate surface area is 102 Å². The van der Waals surface area contributed by atoms with E-state index in [2.05, 4.69) is 14.7 Å². The number of H-pyrrole nitrogens is 1. The van der Waals surface area contributed by atoms with Crippen LogP contribution >= 0.6 is 11.3 Å². The average molecular weight is 273 g/mol. The minimum atomic E-state index is -3.58. The lowest BCUT2D eigenvalue weighted by atomic mass is 10.5. The number of hydrogen-bond donors (Lipinski definition) is 3. The van der Waals surface area contributed by atoms with Gasteiger partial charge in [0.15, 0.2) is 0 Å². The van der Waals surface area contributed by atoms with Gasteiger partial charge < -0.3 is 10.1 Å². The van der Waals surface area contributed by atoms with Crippen molar-refractivity contribution in [1.29, 1.82) is 0 Å². The van der Waals surface area contributed by atoms with Crippen LogP contribution in [0.3, 0.4) is 0 Å². The van der Waals surface area contributed by atoms with Crippen LogP contribution in [0.2, 0.25) is 0 Å². The Bertz CT molecular complexity index is 574. The van der Waals surface area contributed by atoms with Crippen molar-refractivity contribution in [2.75, 3.05) is 0 Å². The van der Waals surface area contributed by atoms with E-state index in [-0.39, 0.29) is 18.0 Å². The molecule has 0 spiro atoms. The SMILES string of the molecule is O=S(=O)(NCc1cnc[nH]1)c1ccsc1CO. The van der Waals surface area contributed by atoms with E-state index in [1.165, 1.54) is 23.7 Å². The summed E-state index contributed by atoms with van der Waals surface area (Å²) in [6.07, 6.45) is 3.02. The van der Waals surface area contributed by atoms with Crippen molar-refractivity contribution in [3.05, 3.63) is 34.5 Å². The lowest BCUT2D eigenvalue weighted by molar-refractivity contribution is 0.282. The van der Waals surface area contributed by atoms with Crippen molar-refractivity contribution in [2.24, 2.45) is 0 Å². The van der Waals surface area contributed by atoms with Gasteiger partial charge in [0.2, 0.25) is 10.0 Å². The standard InChI is InChI=1S/C9H11N3O3S2/c13-5-8-9(1-2-16-8)17(14,15)12-4-7-3-10-6-11-7/h1-3,6,12-13H,4-5H2,(H,10,11). The molecule has 17 heavy (non-hydrogen) atoms. The highest BCUT2D eigenvalue weighted by Crippen LogP contribution is 2.21. The molecule has 0 bridgehead atoms. The molecule has 0 unspecified atom stereocenters. The van der Waals surface area contributed by atoms with Gasteiger partial charge in [-0.05, 0) is 11.4 Å². The maximum Gasteiger partial charge on any atom is 0.242 e. The molecule has 0 fully saturated rings. The maximum atomic E-state index is 11.9. The van der Waals surface area contributed by atoms with E-state index in [0.717, 1.165) is 0 Å². The molecular weight excluding hydrogens is 262 g/mol. The quantitative estimate of drug-likeness (QED) is 0.736. The van der Waals surface area contributed by atoms with Gasteiger partial charge in [-0.2, -0.15) is 0 Å². The van der Waals surface area contributed by atoms with E-state index in [1.54, 1.807) is 11.6 Å². The highest BCUT2D eigenvalue weighted by atomic mass is 32.2. The van der Waals surface area contributed by atoms with Gasteiger partial charge in [0.25, 0.3) is 0 Å². The maximum absolute atomic E-state index is 11.9. The summed E-state index contributed by atoms with van der Waals surface area (Å²) in [4.78, 5) is 7.15. The largest absolute Gasteiger partial charge is 0.391 e. The summed E-state index contributed by atoms with van der Waals surface area (Å²) in [7, 11) is -3.58. The summed E-state index contributed by atoms with van der Waals surface area (Å²) in [6, 6.07) is 1.48. The topological polar surface area (TPSA) is 95.1 Å². The summed E-state index contributed by atoms with van der Waals surface area (Å²) in [5.41, 5.74) is 0.675. The van der Waals surface area contributed by atoms with E-state index in [4.69, 9.17) is 5.11 Å². The molecule has 2 rings (SSSR count). The van der Waals surface area contributed by atoms with Crippen molar-refractivity contribution in [1.82, 2.24) is 14.7 Å². The zero-order chi connectivity index (χ0) is 12.3. The van der Waals surface area contributed by atoms with E-state index in [9.17, 15) is 8.42 Å². The second kappa shape index (κ2) is 4.96. The summed E-state index contributed by atoms with van der Waals surface area (Å²) in [6.45, 7) is -0.138. The first kappa shape index (κ1) is 12.2. The van der Waals surface area contributed by atoms with Crippen molar-refractivity contribution in [3.8, 4) is 0 Å². The number of nitrogens with one attached hydrogen (secondary N) is 2. The van der Waals surface area contributed by atoms with Gasteiger partial charge >= 0.3 is 0 Å². The van der Waals surface area contributed by atoms with E-state index in [0.29, 0.717) is 10.6 Å². The first-order valence-electron chi connectivity index (χ1n) is 4.77. The number of nitrogens with zero attached hydrogens (tertiary/aromatic N) is 1. The number of aromatic nitrogens is 2. The molecule has 0 saturated carbocycles. The molecule has 2 heterocycles. The van der Waals surface area contributed by atoms with Gasteiger partial charge in [0, 0.05) is 16.8 Å². The normalized spacial score (nSPS) is 11.8. The Morgan fingerprint density at radius 2 is 2.35 bits per heavy atom. The molecule has 0 aliphatic heterocycles. The fourth-order valence-corrected chi connectivity index (χ4v) is 3.61. The molecule has 0 atom stereocenters. The molecule has 3 N–H and O–H groups in total. The second-order valence-corrected chi connectivity index (χ2v) is 6.00. The average Bonchev–Trinajstić information content (AvgIpc) is 2.97. The third-order valence-electron chi connectivity index (χ3n) is 2.15. The zero-order valence-corrected chi connectivity index (χ0v) is 10.4. The summed E-state index contributed by atoms with van der Waals surface area (Å²) in [5.74, 6) is 0. The molecule has 0 amide bonds. The van der Waals surface area contributed by atoms with Crippen molar-refractivity contribution >= 4 is 21.4 Å². The van der Waals surface area contributed by atoms with Crippen molar-refractivity contribution in [2.45, 2.75) is 18.0 Å². The lowest BCUT2D eigenvalue weighted by Gasteiger charge is -2.05. The third-order valence-corrected chi connectivity index (χ3v) is 4.67. The van der Waals surface area contributed by atoms with Crippen molar-refractivity contribution < 1.29 is 13.5 Å². The first-order chi connectivity index (χ1) is 8.13. The molecule has 8 heteroatoms. The van der Waals surface area contributed by atoms with Gasteiger partial charge in [0.05, 0.1) is 24.4 Å². The Balaban J connectivity index is 2.14. The lowest BCUT2D eigenvalue weighted by Crippen LogP contribution is -2.23. The highest BCUT2D eigenvalue weighted by Gasteiger charge is 2.19. The molecule has 0 saturated heterocycles. The molecule has 2 aromatic heterocycles. The van der Waals surface area contributed by atoms with E-state index >= 15 is 0 Å². The molecule has 2 aromatic rings. The number of rotatable bonds is 5. The number of sulfonamides is 1. The summed E-state index contributed by atoms with van der Waals surface area (Å²) in [5, 5.41) is 10.7. The monoisotopic (exact) mass is 273 g/mol. The van der Waals surface area contributed by atoms with Gasteiger partial charge in [-0.25, -0.2) is 18.1 Å². The van der Waals surface area contributed by atoms with Crippen LogP contribution in [0.1, 0.15) is 10.6 Å². The first-order valence-corrected chi connectivity index (χ1v) is 7.14. The Kier molecular flexibility index (Phi) is 3.57. The van der Waals surface area contributed by atoms with Gasteiger partial charge in [0.1, 0.15) is 0 Å². The van der Waals surface area contributed by atoms with Gasteiger partial charge in [-0.1, -0.05) is 0 Å². The van der Waals surface area contributed by atoms with Crippen LogP contribution in [0.25, 0.3) is 0 Å². The predicted molar refractivity (Wildman–Crippen MR) is 62.9 cm³/mol. The van der Waals surface area contributed by atoms with Crippen LogP contribution in [-0.2, 0) is 23.2 Å². The predicted octanol–water partition coefficient (Wildman–Crippen LogP) is 0.442. The van der Waals surface area contributed by atoms with Crippen LogP contribution in [0, 0.1) is 0 Å².